The summed E-state index contributed by atoms with van der Waals surface area (Å²) in [6, 6.07) is 0. The Labute approximate surface area is 313 Å². The smallest absolute Gasteiger partial charge is 0.202 e. The van der Waals surface area contributed by atoms with Gasteiger partial charge in [-0.15, -0.1) is 0 Å². The first-order valence-corrected chi connectivity index (χ1v) is 20.7. The van der Waals surface area contributed by atoms with E-state index in [-0.39, 0.29) is 66.4 Å². The fraction of sp³-hybridized carbons (Fsp3) is 0.929. The van der Waals surface area contributed by atoms with E-state index in [4.69, 9.17) is 23.7 Å². The zero-order chi connectivity index (χ0) is 38.4. The van der Waals surface area contributed by atoms with Gasteiger partial charge in [-0.3, -0.25) is 4.79 Å². The van der Waals surface area contributed by atoms with Gasteiger partial charge in [0.1, 0.15) is 11.9 Å². The molecule has 300 valence electrons. The molecule has 0 amide bonds. The maximum Gasteiger partial charge on any atom is 0.202 e. The molecule has 4 saturated heterocycles. The Balaban J connectivity index is 1.31. The Hall–Kier alpha value is -0.950. The van der Waals surface area contributed by atoms with Crippen LogP contribution in [0, 0.1) is 41.4 Å². The van der Waals surface area contributed by atoms with Gasteiger partial charge in [0.05, 0.1) is 47.8 Å². The molecule has 0 aromatic heterocycles. The van der Waals surface area contributed by atoms with E-state index in [2.05, 4.69) is 27.7 Å². The van der Waals surface area contributed by atoms with E-state index in [0.717, 1.165) is 25.7 Å². The van der Waals surface area contributed by atoms with E-state index in [1.165, 1.54) is 0 Å². The molecule has 5 aliphatic rings. The normalized spacial score (nSPS) is 46.9. The van der Waals surface area contributed by atoms with Crippen molar-refractivity contribution in [3.05, 3.63) is 12.2 Å². The molecule has 0 aliphatic carbocycles. The van der Waals surface area contributed by atoms with Crippen LogP contribution in [0.25, 0.3) is 0 Å². The molecule has 52 heavy (non-hydrogen) atoms. The zero-order valence-corrected chi connectivity index (χ0v) is 33.8. The molecule has 5 aliphatic heterocycles. The van der Waals surface area contributed by atoms with Crippen LogP contribution in [0.2, 0.25) is 0 Å². The predicted molar refractivity (Wildman–Crippen MR) is 198 cm³/mol. The number of aliphatic hydroxyl groups excluding tert-OH is 3. The van der Waals surface area contributed by atoms with E-state index < -0.39 is 52.9 Å². The highest BCUT2D eigenvalue weighted by atomic mass is 16.8. The second-order valence-electron chi connectivity index (χ2n) is 17.9. The van der Waals surface area contributed by atoms with Crippen molar-refractivity contribution in [3.8, 4) is 0 Å². The minimum absolute atomic E-state index is 0.0277. The first kappa shape index (κ1) is 42.2. The van der Waals surface area contributed by atoms with Crippen molar-refractivity contribution in [3.63, 3.8) is 0 Å². The Bertz CT molecular complexity index is 1240. The van der Waals surface area contributed by atoms with Crippen molar-refractivity contribution < 1.29 is 48.9 Å². The van der Waals surface area contributed by atoms with Crippen molar-refractivity contribution in [2.24, 2.45) is 41.4 Å². The lowest BCUT2D eigenvalue weighted by molar-refractivity contribution is -0.409. The van der Waals surface area contributed by atoms with E-state index >= 15 is 0 Å². The molecule has 2 spiro atoms. The summed E-state index contributed by atoms with van der Waals surface area (Å²) in [5, 5.41) is 44.1. The highest BCUT2D eigenvalue weighted by molar-refractivity contribution is 5.84. The highest BCUT2D eigenvalue weighted by Crippen LogP contribution is 2.54. The minimum Gasteiger partial charge on any atom is -0.396 e. The predicted octanol–water partition coefficient (Wildman–Crippen LogP) is 6.10. The van der Waals surface area contributed by atoms with Gasteiger partial charge in [-0.2, -0.15) is 0 Å². The third-order valence-electron chi connectivity index (χ3n) is 14.5. The lowest BCUT2D eigenvalue weighted by atomic mass is 9.72. The fourth-order valence-electron chi connectivity index (χ4n) is 10.5. The average molecular weight is 737 g/mol. The van der Waals surface area contributed by atoms with Gasteiger partial charge in [0.2, 0.25) is 5.79 Å². The molecule has 4 N–H and O–H groups in total. The van der Waals surface area contributed by atoms with Crippen LogP contribution in [-0.2, 0) is 28.5 Å². The summed E-state index contributed by atoms with van der Waals surface area (Å²) >= 11 is 0. The summed E-state index contributed by atoms with van der Waals surface area (Å²) in [7, 11) is 0. The Morgan fingerprint density at radius 2 is 1.63 bits per heavy atom. The molecule has 0 aromatic carbocycles. The van der Waals surface area contributed by atoms with E-state index in [9.17, 15) is 25.2 Å². The summed E-state index contributed by atoms with van der Waals surface area (Å²) < 4.78 is 33.7. The quantitative estimate of drug-likeness (QED) is 0.174. The number of carbonyl (C=O) groups is 1. The Kier molecular flexibility index (Phi) is 13.2. The standard InChI is InChI=1S/C42H72O10/c1-11-30(23-43)32-15-14-24(4)37(49-32)28(8)35(45)27(7)36(46)31(12-2)38-25(5)22-26(6)41(50-38)19-16-33(44)42(52-41)21-20-39(10,51-42)34-17-18-40(47,13-3)29(9)48-34/h16,19,24-35,37-38,43-45,47H,11-15,17-18,20-23H2,1-10H3/t24-,25-,26+,27-,28-,29-,30-,31-,32+,33+,34+,35+,37+,38-,39-,40+,41-,42-/m1/s1. The van der Waals surface area contributed by atoms with Crippen LogP contribution >= 0.6 is 0 Å². The molecule has 10 heteroatoms. The lowest BCUT2D eigenvalue weighted by Gasteiger charge is -2.54. The van der Waals surface area contributed by atoms with Gasteiger partial charge < -0.3 is 44.1 Å². The lowest BCUT2D eigenvalue weighted by Crippen LogP contribution is -2.63. The van der Waals surface area contributed by atoms with Crippen LogP contribution in [0.15, 0.2) is 12.2 Å². The molecule has 0 aromatic rings. The van der Waals surface area contributed by atoms with Crippen LogP contribution in [0.4, 0.5) is 0 Å². The molecule has 0 bridgehead atoms. The van der Waals surface area contributed by atoms with Crippen molar-refractivity contribution in [1.82, 2.24) is 0 Å². The molecule has 10 nitrogen and oxygen atoms in total. The van der Waals surface area contributed by atoms with Gasteiger partial charge >= 0.3 is 0 Å². The second-order valence-corrected chi connectivity index (χ2v) is 17.9. The van der Waals surface area contributed by atoms with Crippen LogP contribution in [0.3, 0.4) is 0 Å². The van der Waals surface area contributed by atoms with Crippen molar-refractivity contribution >= 4 is 5.78 Å². The minimum atomic E-state index is -1.35. The molecule has 5 heterocycles. The number of hydrogen-bond donors (Lipinski definition) is 4. The SMILES string of the molecule is CC[C@H](CO)[C@@H]1CC[C@@H](C)[C@@H]([C@H](C)[C@@H](O)[C@@H](C)C(=O)[C@@H](CC)[C@@H]2O[C@@]3(C=C[C@H](O)[C@@]4(CC[C@](C)([C@@H]5CC[C@@](O)(CC)[C@@H](C)O5)O4)O3)[C@@H](C)C[C@H]2C)O1. The van der Waals surface area contributed by atoms with Crippen LogP contribution in [-0.4, -0.2) is 98.3 Å². The summed E-state index contributed by atoms with van der Waals surface area (Å²) in [5.41, 5.74) is -1.60. The maximum absolute atomic E-state index is 14.4. The number of Topliss-reactive ketones (excluding diaryl/α,β-unsaturated/α-hetero) is 1. The van der Waals surface area contributed by atoms with Crippen molar-refractivity contribution in [1.29, 1.82) is 0 Å². The zero-order valence-electron chi connectivity index (χ0n) is 33.8. The summed E-state index contributed by atoms with van der Waals surface area (Å²) in [6.45, 7) is 20.2. The first-order valence-electron chi connectivity index (χ1n) is 20.7. The average Bonchev–Trinajstić information content (AvgIpc) is 3.47. The highest BCUT2D eigenvalue weighted by Gasteiger charge is 2.63. The summed E-state index contributed by atoms with van der Waals surface area (Å²) in [6.07, 6.45) is 7.16. The maximum atomic E-state index is 14.4. The van der Waals surface area contributed by atoms with Gasteiger partial charge in [-0.05, 0) is 95.6 Å². The van der Waals surface area contributed by atoms with Crippen molar-refractivity contribution in [2.75, 3.05) is 6.61 Å². The molecule has 4 fully saturated rings. The van der Waals surface area contributed by atoms with E-state index in [1.807, 2.05) is 47.6 Å². The van der Waals surface area contributed by atoms with Crippen LogP contribution in [0.1, 0.15) is 133 Å². The number of hydrogen-bond acceptors (Lipinski definition) is 10. The Morgan fingerprint density at radius 3 is 2.25 bits per heavy atom. The molecule has 18 atom stereocenters. The molecule has 0 unspecified atom stereocenters. The second kappa shape index (κ2) is 16.3. The van der Waals surface area contributed by atoms with Gasteiger partial charge in [0, 0.05) is 42.6 Å². The summed E-state index contributed by atoms with van der Waals surface area (Å²) in [4.78, 5) is 14.4. The third-order valence-corrected chi connectivity index (χ3v) is 14.5. The fourth-order valence-corrected chi connectivity index (χ4v) is 10.5. The van der Waals surface area contributed by atoms with Crippen LogP contribution in [0.5, 0.6) is 0 Å². The van der Waals surface area contributed by atoms with Gasteiger partial charge in [0.15, 0.2) is 5.79 Å². The molecule has 0 saturated carbocycles. The van der Waals surface area contributed by atoms with Gasteiger partial charge in [-0.25, -0.2) is 0 Å². The monoisotopic (exact) mass is 737 g/mol. The largest absolute Gasteiger partial charge is 0.396 e. The number of carbonyl (C=O) groups excluding carboxylic acids is 1. The number of rotatable bonds is 12. The van der Waals surface area contributed by atoms with Gasteiger partial charge in [-0.1, -0.05) is 55.4 Å². The number of ether oxygens (including phenoxy) is 5. The number of aliphatic hydroxyl groups is 4. The molecular weight excluding hydrogens is 664 g/mol. The molecule has 5 rings (SSSR count). The van der Waals surface area contributed by atoms with E-state index in [1.54, 1.807) is 6.08 Å². The summed E-state index contributed by atoms with van der Waals surface area (Å²) in [5.74, 6) is -3.71. The first-order chi connectivity index (χ1) is 24.4. The van der Waals surface area contributed by atoms with E-state index in [0.29, 0.717) is 38.5 Å². The van der Waals surface area contributed by atoms with Gasteiger partial charge in [0.25, 0.3) is 0 Å². The number of ketones is 1. The molecular formula is C42H72O10. The van der Waals surface area contributed by atoms with Crippen molar-refractivity contribution in [2.45, 2.75) is 199 Å². The Morgan fingerprint density at radius 1 is 0.923 bits per heavy atom. The van der Waals surface area contributed by atoms with Crippen LogP contribution < -0.4 is 0 Å². The topological polar surface area (TPSA) is 144 Å². The molecule has 0 radical (unpaired) electrons. The third kappa shape index (κ3) is 7.73.